The molecule has 5 nitrogen and oxygen atoms in total. The lowest BCUT2D eigenvalue weighted by Gasteiger charge is -2.37. The highest BCUT2D eigenvalue weighted by Gasteiger charge is 2.33. The van der Waals surface area contributed by atoms with Crippen LogP contribution in [0.5, 0.6) is 0 Å². The number of rotatable bonds is 2. The molecule has 0 N–H and O–H groups in total. The standard InChI is InChI=1S/C17H26N2O3S/c1-13-6-7-15(12-14(13)2)23(21,22)19-10-8-18(9-11-19)16(20)17(3,4)5/h6-7,12H,8-11H2,1-5H3. The minimum atomic E-state index is -3.49. The van der Waals surface area contributed by atoms with E-state index in [4.69, 9.17) is 0 Å². The molecule has 6 heteroatoms. The Morgan fingerprint density at radius 2 is 1.57 bits per heavy atom. The van der Waals surface area contributed by atoms with Gasteiger partial charge in [-0.3, -0.25) is 4.79 Å². The predicted molar refractivity (Wildman–Crippen MR) is 90.7 cm³/mol. The first-order chi connectivity index (χ1) is 10.5. The molecular weight excluding hydrogens is 312 g/mol. The maximum Gasteiger partial charge on any atom is 0.243 e. The number of hydrogen-bond acceptors (Lipinski definition) is 3. The van der Waals surface area contributed by atoms with E-state index in [-0.39, 0.29) is 5.91 Å². The lowest BCUT2D eigenvalue weighted by Crippen LogP contribution is -2.52. The van der Waals surface area contributed by atoms with E-state index in [2.05, 4.69) is 0 Å². The molecule has 2 rings (SSSR count). The summed E-state index contributed by atoms with van der Waals surface area (Å²) in [5.74, 6) is 0.0701. The summed E-state index contributed by atoms with van der Waals surface area (Å²) in [5, 5.41) is 0. The zero-order chi connectivity index (χ0) is 17.4. The van der Waals surface area contributed by atoms with Crippen LogP contribution in [0.4, 0.5) is 0 Å². The van der Waals surface area contributed by atoms with Gasteiger partial charge in [-0.2, -0.15) is 4.31 Å². The number of amides is 1. The molecule has 1 aliphatic heterocycles. The highest BCUT2D eigenvalue weighted by Crippen LogP contribution is 2.23. The smallest absolute Gasteiger partial charge is 0.243 e. The maximum atomic E-state index is 12.7. The average molecular weight is 338 g/mol. The Morgan fingerprint density at radius 3 is 2.04 bits per heavy atom. The summed E-state index contributed by atoms with van der Waals surface area (Å²) >= 11 is 0. The van der Waals surface area contributed by atoms with Gasteiger partial charge in [0.25, 0.3) is 0 Å². The number of nitrogens with zero attached hydrogens (tertiary/aromatic N) is 2. The third-order valence-electron chi connectivity index (χ3n) is 4.28. The molecule has 0 saturated carbocycles. The second-order valence-electron chi connectivity index (χ2n) is 7.19. The van der Waals surface area contributed by atoms with Crippen LogP contribution in [-0.4, -0.2) is 49.7 Å². The van der Waals surface area contributed by atoms with E-state index >= 15 is 0 Å². The van der Waals surface area contributed by atoms with Gasteiger partial charge >= 0.3 is 0 Å². The predicted octanol–water partition coefficient (Wildman–Crippen LogP) is 2.18. The summed E-state index contributed by atoms with van der Waals surface area (Å²) in [6.45, 7) is 11.1. The van der Waals surface area contributed by atoms with Crippen molar-refractivity contribution in [3.8, 4) is 0 Å². The number of carbonyl (C=O) groups is 1. The number of carbonyl (C=O) groups excluding carboxylic acids is 1. The van der Waals surface area contributed by atoms with Crippen molar-refractivity contribution in [1.82, 2.24) is 9.21 Å². The third-order valence-corrected chi connectivity index (χ3v) is 6.18. The molecule has 1 heterocycles. The van der Waals surface area contributed by atoms with Crippen molar-refractivity contribution in [2.75, 3.05) is 26.2 Å². The van der Waals surface area contributed by atoms with Crippen LogP contribution in [0.3, 0.4) is 0 Å². The molecule has 1 aromatic carbocycles. The Balaban J connectivity index is 2.12. The van der Waals surface area contributed by atoms with E-state index in [9.17, 15) is 13.2 Å². The van der Waals surface area contributed by atoms with Crippen molar-refractivity contribution < 1.29 is 13.2 Å². The molecule has 1 saturated heterocycles. The number of aryl methyl sites for hydroxylation is 2. The number of piperazine rings is 1. The van der Waals surface area contributed by atoms with Crippen LogP contribution >= 0.6 is 0 Å². The average Bonchev–Trinajstić information content (AvgIpc) is 2.48. The first kappa shape index (κ1) is 17.9. The summed E-state index contributed by atoms with van der Waals surface area (Å²) in [4.78, 5) is 14.4. The minimum absolute atomic E-state index is 0.0701. The fourth-order valence-corrected chi connectivity index (χ4v) is 4.14. The largest absolute Gasteiger partial charge is 0.340 e. The SMILES string of the molecule is Cc1ccc(S(=O)(=O)N2CCN(C(=O)C(C)(C)C)CC2)cc1C. The molecule has 0 bridgehead atoms. The summed E-state index contributed by atoms with van der Waals surface area (Å²) in [5.41, 5.74) is 1.60. The van der Waals surface area contributed by atoms with Crippen molar-refractivity contribution >= 4 is 15.9 Å². The number of benzene rings is 1. The highest BCUT2D eigenvalue weighted by atomic mass is 32.2. The monoisotopic (exact) mass is 338 g/mol. The summed E-state index contributed by atoms with van der Waals surface area (Å²) in [6.07, 6.45) is 0. The van der Waals surface area contributed by atoms with Crippen molar-refractivity contribution in [3.63, 3.8) is 0 Å². The van der Waals surface area contributed by atoms with Crippen LogP contribution in [-0.2, 0) is 14.8 Å². The second-order valence-corrected chi connectivity index (χ2v) is 9.13. The lowest BCUT2D eigenvalue weighted by molar-refractivity contribution is -0.140. The summed E-state index contributed by atoms with van der Waals surface area (Å²) < 4.78 is 27.0. The Hall–Kier alpha value is -1.40. The van der Waals surface area contributed by atoms with Gasteiger partial charge in [0.15, 0.2) is 0 Å². The van der Waals surface area contributed by atoms with Crippen molar-refractivity contribution in [2.45, 2.75) is 39.5 Å². The van der Waals surface area contributed by atoms with Gasteiger partial charge in [0, 0.05) is 31.6 Å². The Morgan fingerprint density at radius 1 is 1.00 bits per heavy atom. The quantitative estimate of drug-likeness (QED) is 0.830. The zero-order valence-corrected chi connectivity index (χ0v) is 15.4. The summed E-state index contributed by atoms with van der Waals surface area (Å²) in [6, 6.07) is 5.21. The molecule has 23 heavy (non-hydrogen) atoms. The fraction of sp³-hybridized carbons (Fsp3) is 0.588. The van der Waals surface area contributed by atoms with Gasteiger partial charge in [-0.15, -0.1) is 0 Å². The van der Waals surface area contributed by atoms with Crippen LogP contribution in [0.15, 0.2) is 23.1 Å². The molecule has 0 unspecified atom stereocenters. The van der Waals surface area contributed by atoms with Crippen LogP contribution in [0.2, 0.25) is 0 Å². The van der Waals surface area contributed by atoms with E-state index < -0.39 is 15.4 Å². The van der Waals surface area contributed by atoms with Gasteiger partial charge in [0.05, 0.1) is 4.90 Å². The molecule has 0 aromatic heterocycles. The van der Waals surface area contributed by atoms with E-state index in [1.807, 2.05) is 40.7 Å². The van der Waals surface area contributed by atoms with Gasteiger partial charge in [0.1, 0.15) is 0 Å². The highest BCUT2D eigenvalue weighted by molar-refractivity contribution is 7.89. The fourth-order valence-electron chi connectivity index (χ4n) is 2.63. The van der Waals surface area contributed by atoms with E-state index in [1.54, 1.807) is 17.0 Å². The van der Waals surface area contributed by atoms with Crippen LogP contribution < -0.4 is 0 Å². The van der Waals surface area contributed by atoms with E-state index in [0.29, 0.717) is 31.1 Å². The number of hydrogen-bond donors (Lipinski definition) is 0. The van der Waals surface area contributed by atoms with Gasteiger partial charge in [-0.25, -0.2) is 8.42 Å². The minimum Gasteiger partial charge on any atom is -0.340 e. The Kier molecular flexibility index (Phi) is 4.87. The van der Waals surface area contributed by atoms with Crippen LogP contribution in [0.1, 0.15) is 31.9 Å². The van der Waals surface area contributed by atoms with Gasteiger partial charge in [-0.1, -0.05) is 26.8 Å². The first-order valence-corrected chi connectivity index (χ1v) is 9.34. The number of sulfonamides is 1. The van der Waals surface area contributed by atoms with E-state index in [0.717, 1.165) is 11.1 Å². The Bertz CT molecular complexity index is 697. The molecule has 1 aromatic rings. The molecule has 0 atom stereocenters. The molecular formula is C17H26N2O3S. The molecule has 0 spiro atoms. The Labute approximate surface area is 139 Å². The summed E-state index contributed by atoms with van der Waals surface area (Å²) in [7, 11) is -3.49. The molecule has 1 aliphatic rings. The topological polar surface area (TPSA) is 57.7 Å². The molecule has 128 valence electrons. The molecule has 1 amide bonds. The molecule has 0 aliphatic carbocycles. The first-order valence-electron chi connectivity index (χ1n) is 7.90. The lowest BCUT2D eigenvalue weighted by atomic mass is 9.94. The van der Waals surface area contributed by atoms with Gasteiger partial charge in [-0.05, 0) is 37.1 Å². The van der Waals surface area contributed by atoms with Gasteiger partial charge < -0.3 is 4.90 Å². The van der Waals surface area contributed by atoms with Crippen molar-refractivity contribution in [3.05, 3.63) is 29.3 Å². The second kappa shape index (κ2) is 6.24. The normalized spacial score (nSPS) is 17.3. The molecule has 0 radical (unpaired) electrons. The maximum absolute atomic E-state index is 12.7. The van der Waals surface area contributed by atoms with Crippen molar-refractivity contribution in [2.24, 2.45) is 5.41 Å². The van der Waals surface area contributed by atoms with Crippen LogP contribution in [0.25, 0.3) is 0 Å². The van der Waals surface area contributed by atoms with Crippen LogP contribution in [0, 0.1) is 19.3 Å². The van der Waals surface area contributed by atoms with E-state index in [1.165, 1.54) is 4.31 Å². The third kappa shape index (κ3) is 3.75. The molecule has 1 fully saturated rings. The zero-order valence-electron chi connectivity index (χ0n) is 14.6. The van der Waals surface area contributed by atoms with Gasteiger partial charge in [0.2, 0.25) is 15.9 Å². The van der Waals surface area contributed by atoms with Crippen molar-refractivity contribution in [1.29, 1.82) is 0 Å².